The molecule has 1 unspecified atom stereocenters. The molecule has 1 aliphatic rings. The van der Waals surface area contributed by atoms with E-state index in [1.807, 2.05) is 61.5 Å². The van der Waals surface area contributed by atoms with Crippen molar-refractivity contribution < 1.29 is 14.3 Å². The van der Waals surface area contributed by atoms with Crippen LogP contribution in [0.15, 0.2) is 66.7 Å². The highest BCUT2D eigenvalue weighted by atomic mass is 16.7. The van der Waals surface area contributed by atoms with Gasteiger partial charge in [0.2, 0.25) is 6.79 Å². The lowest BCUT2D eigenvalue weighted by Gasteiger charge is -2.17. The summed E-state index contributed by atoms with van der Waals surface area (Å²) in [6.07, 6.45) is 0. The van der Waals surface area contributed by atoms with E-state index in [4.69, 9.17) is 9.47 Å². The maximum absolute atomic E-state index is 13.0. The van der Waals surface area contributed by atoms with E-state index >= 15 is 0 Å². The van der Waals surface area contributed by atoms with Gasteiger partial charge in [-0.3, -0.25) is 4.79 Å². The van der Waals surface area contributed by atoms with Crippen LogP contribution in [0.5, 0.6) is 11.5 Å². The third-order valence-corrected chi connectivity index (χ3v) is 4.75. The van der Waals surface area contributed by atoms with E-state index in [2.05, 4.69) is 11.4 Å². The first-order chi connectivity index (χ1) is 13.7. The lowest BCUT2D eigenvalue weighted by Crippen LogP contribution is -2.27. The van der Waals surface area contributed by atoms with Gasteiger partial charge in [0.15, 0.2) is 11.5 Å². The number of hydrogen-bond acceptors (Lipinski definition) is 4. The molecule has 0 radical (unpaired) electrons. The number of nitrogens with one attached hydrogen (secondary N) is 1. The van der Waals surface area contributed by atoms with Crippen LogP contribution in [0.25, 0.3) is 11.1 Å². The number of carbonyl (C=O) groups excluding carboxylic acids is 1. The van der Waals surface area contributed by atoms with Crippen LogP contribution in [-0.2, 0) is 0 Å². The minimum absolute atomic E-state index is 0.200. The summed E-state index contributed by atoms with van der Waals surface area (Å²) in [7, 11) is 0. The van der Waals surface area contributed by atoms with Gasteiger partial charge in [-0.15, -0.1) is 0 Å². The summed E-state index contributed by atoms with van der Waals surface area (Å²) >= 11 is 0. The molecule has 1 atom stereocenters. The molecule has 5 heteroatoms. The number of nitrogens with zero attached hydrogens (tertiary/aromatic N) is 1. The van der Waals surface area contributed by atoms with Crippen LogP contribution in [0, 0.1) is 11.3 Å². The molecule has 1 N–H and O–H groups in total. The first kappa shape index (κ1) is 17.6. The molecule has 0 spiro atoms. The van der Waals surface area contributed by atoms with Crippen molar-refractivity contribution in [2.45, 2.75) is 13.0 Å². The molecule has 1 amide bonds. The molecule has 0 saturated carbocycles. The number of hydrogen-bond donors (Lipinski definition) is 1. The van der Waals surface area contributed by atoms with Crippen LogP contribution in [0.1, 0.15) is 34.5 Å². The summed E-state index contributed by atoms with van der Waals surface area (Å²) < 4.78 is 10.8. The molecular weight excluding hydrogens is 352 g/mol. The molecule has 138 valence electrons. The summed E-state index contributed by atoms with van der Waals surface area (Å²) in [5.74, 6) is 1.19. The second-order valence-corrected chi connectivity index (χ2v) is 6.51. The first-order valence-electron chi connectivity index (χ1n) is 8.96. The van der Waals surface area contributed by atoms with Crippen molar-refractivity contribution in [1.82, 2.24) is 5.32 Å². The molecule has 0 fully saturated rings. The van der Waals surface area contributed by atoms with E-state index < -0.39 is 0 Å². The molecule has 28 heavy (non-hydrogen) atoms. The SMILES string of the molecule is CC(NC(=O)c1ccccc1-c1ccccc1C#N)c1ccc2c(c1)OCO2. The van der Waals surface area contributed by atoms with Crippen LogP contribution in [0.3, 0.4) is 0 Å². The summed E-state index contributed by atoms with van der Waals surface area (Å²) in [5.41, 5.74) is 3.46. The largest absolute Gasteiger partial charge is 0.454 e. The Hall–Kier alpha value is -3.78. The Kier molecular flexibility index (Phi) is 4.69. The predicted molar refractivity (Wildman–Crippen MR) is 105 cm³/mol. The van der Waals surface area contributed by atoms with Gasteiger partial charge >= 0.3 is 0 Å². The molecule has 4 rings (SSSR count). The van der Waals surface area contributed by atoms with Gasteiger partial charge < -0.3 is 14.8 Å². The van der Waals surface area contributed by atoms with E-state index in [1.54, 1.807) is 12.1 Å². The molecule has 0 bridgehead atoms. The normalized spacial score (nSPS) is 12.9. The molecule has 5 nitrogen and oxygen atoms in total. The highest BCUT2D eigenvalue weighted by molar-refractivity contribution is 6.01. The summed E-state index contributed by atoms with van der Waals surface area (Å²) in [5, 5.41) is 12.4. The van der Waals surface area contributed by atoms with Gasteiger partial charge in [0.05, 0.1) is 17.7 Å². The van der Waals surface area contributed by atoms with E-state index in [0.717, 1.165) is 16.7 Å². The van der Waals surface area contributed by atoms with Crippen LogP contribution in [-0.4, -0.2) is 12.7 Å². The fourth-order valence-corrected chi connectivity index (χ4v) is 3.27. The van der Waals surface area contributed by atoms with Crippen molar-refractivity contribution in [2.24, 2.45) is 0 Å². The third kappa shape index (κ3) is 3.28. The fourth-order valence-electron chi connectivity index (χ4n) is 3.27. The maximum Gasteiger partial charge on any atom is 0.252 e. The second-order valence-electron chi connectivity index (χ2n) is 6.51. The van der Waals surface area contributed by atoms with E-state index in [0.29, 0.717) is 22.6 Å². The molecule has 1 heterocycles. The first-order valence-corrected chi connectivity index (χ1v) is 8.96. The number of fused-ring (bicyclic) bond motifs is 1. The van der Waals surface area contributed by atoms with E-state index in [1.165, 1.54) is 0 Å². The van der Waals surface area contributed by atoms with Crippen LogP contribution < -0.4 is 14.8 Å². The highest BCUT2D eigenvalue weighted by Crippen LogP contribution is 2.34. The van der Waals surface area contributed by atoms with Crippen LogP contribution in [0.4, 0.5) is 0 Å². The Morgan fingerprint density at radius 1 is 1.00 bits per heavy atom. The number of ether oxygens (including phenoxy) is 2. The van der Waals surface area contributed by atoms with Crippen LogP contribution in [0.2, 0.25) is 0 Å². The summed E-state index contributed by atoms with van der Waals surface area (Å²) in [6, 6.07) is 22.2. The van der Waals surface area contributed by atoms with Crippen molar-refractivity contribution >= 4 is 5.91 Å². The van der Waals surface area contributed by atoms with Gasteiger partial charge in [0.1, 0.15) is 0 Å². The van der Waals surface area contributed by atoms with Gasteiger partial charge in [-0.2, -0.15) is 5.26 Å². The number of rotatable bonds is 4. The zero-order valence-corrected chi connectivity index (χ0v) is 15.3. The fraction of sp³-hybridized carbons (Fsp3) is 0.130. The van der Waals surface area contributed by atoms with E-state index in [9.17, 15) is 10.1 Å². The highest BCUT2D eigenvalue weighted by Gasteiger charge is 2.19. The zero-order valence-electron chi connectivity index (χ0n) is 15.3. The van der Waals surface area contributed by atoms with Crippen molar-refractivity contribution in [3.63, 3.8) is 0 Å². The van der Waals surface area contributed by atoms with Crippen molar-refractivity contribution in [3.05, 3.63) is 83.4 Å². The second kappa shape index (κ2) is 7.45. The van der Waals surface area contributed by atoms with E-state index in [-0.39, 0.29) is 18.7 Å². The van der Waals surface area contributed by atoms with Crippen molar-refractivity contribution in [3.8, 4) is 28.7 Å². The van der Waals surface area contributed by atoms with Gasteiger partial charge in [-0.25, -0.2) is 0 Å². The van der Waals surface area contributed by atoms with Gasteiger partial charge in [-0.05, 0) is 42.3 Å². The predicted octanol–water partition coefficient (Wildman–Crippen LogP) is 4.44. The standard InChI is InChI=1S/C23H18N2O3/c1-15(16-10-11-21-22(12-16)28-14-27-21)25-23(26)20-9-5-4-8-19(20)18-7-3-2-6-17(18)13-24/h2-12,15H,14H2,1H3,(H,25,26). The smallest absolute Gasteiger partial charge is 0.252 e. The molecule has 0 aromatic heterocycles. The van der Waals surface area contributed by atoms with Gasteiger partial charge in [0.25, 0.3) is 5.91 Å². The third-order valence-electron chi connectivity index (χ3n) is 4.75. The Morgan fingerprint density at radius 2 is 1.71 bits per heavy atom. The van der Waals surface area contributed by atoms with Gasteiger partial charge in [0, 0.05) is 11.1 Å². The number of nitriles is 1. The minimum atomic E-state index is -0.221. The number of carbonyl (C=O) groups is 1. The number of amides is 1. The Morgan fingerprint density at radius 3 is 2.54 bits per heavy atom. The van der Waals surface area contributed by atoms with Crippen LogP contribution >= 0.6 is 0 Å². The zero-order chi connectivity index (χ0) is 19.5. The molecule has 0 aliphatic carbocycles. The number of benzene rings is 3. The average Bonchev–Trinajstić information content (AvgIpc) is 3.21. The molecule has 0 saturated heterocycles. The molecule has 3 aromatic rings. The average molecular weight is 370 g/mol. The monoisotopic (exact) mass is 370 g/mol. The topological polar surface area (TPSA) is 71.4 Å². The summed E-state index contributed by atoms with van der Waals surface area (Å²) in [6.45, 7) is 2.13. The maximum atomic E-state index is 13.0. The van der Waals surface area contributed by atoms with Crippen molar-refractivity contribution in [2.75, 3.05) is 6.79 Å². The lowest BCUT2D eigenvalue weighted by atomic mass is 9.95. The Balaban J connectivity index is 1.62. The van der Waals surface area contributed by atoms with Gasteiger partial charge in [-0.1, -0.05) is 42.5 Å². The molecule has 3 aromatic carbocycles. The Labute approximate surface area is 163 Å². The lowest BCUT2D eigenvalue weighted by molar-refractivity contribution is 0.0940. The van der Waals surface area contributed by atoms with Crippen molar-refractivity contribution in [1.29, 1.82) is 5.26 Å². The summed E-state index contributed by atoms with van der Waals surface area (Å²) in [4.78, 5) is 13.0. The quantitative estimate of drug-likeness (QED) is 0.737. The molecule has 1 aliphatic heterocycles. The Bertz CT molecular complexity index is 1090. The minimum Gasteiger partial charge on any atom is -0.454 e. The molecular formula is C23H18N2O3.